The van der Waals surface area contributed by atoms with E-state index in [0.29, 0.717) is 5.92 Å². The average Bonchev–Trinajstić information content (AvgIpc) is 2.84. The number of allylic oxidation sites excluding steroid dienone is 2. The van der Waals surface area contributed by atoms with Gasteiger partial charge in [0.25, 0.3) is 0 Å². The molecule has 1 aromatic rings. The number of benzene rings is 1. The Morgan fingerprint density at radius 1 is 0.884 bits per heavy atom. The molecule has 3 nitrogen and oxygen atoms in total. The summed E-state index contributed by atoms with van der Waals surface area (Å²) in [5.41, 5.74) is 5.23. The van der Waals surface area contributed by atoms with Gasteiger partial charge >= 0.3 is 0 Å². The fraction of sp³-hybridized carbons (Fsp3) is 0.737. The smallest absolute Gasteiger partial charge is 0.250 e. The van der Waals surface area contributed by atoms with Crippen LogP contribution in [-0.2, 0) is 10.2 Å². The van der Waals surface area contributed by atoms with Gasteiger partial charge in [-0.2, -0.15) is 0 Å². The van der Waals surface area contributed by atoms with E-state index >= 15 is 0 Å². The summed E-state index contributed by atoms with van der Waals surface area (Å²) in [5, 5.41) is 0.162. The number of ether oxygens (including phenoxy) is 1. The molecule has 2 rings (SSSR count). The van der Waals surface area contributed by atoms with Crippen molar-refractivity contribution in [3.05, 3.63) is 47.2 Å². The van der Waals surface area contributed by atoms with Crippen LogP contribution in [0.3, 0.4) is 0 Å². The first kappa shape index (κ1) is 37.7. The third-order valence-corrected chi connectivity index (χ3v) is 19.6. The predicted molar refractivity (Wildman–Crippen MR) is 194 cm³/mol. The van der Waals surface area contributed by atoms with Crippen molar-refractivity contribution in [1.29, 1.82) is 0 Å². The molecule has 2 atom stereocenters. The Hall–Kier alpha value is -1.47. The molecule has 0 heterocycles. The van der Waals surface area contributed by atoms with Crippen LogP contribution in [0.5, 0.6) is 11.5 Å². The van der Waals surface area contributed by atoms with Gasteiger partial charge in [0.2, 0.25) is 16.6 Å². The summed E-state index contributed by atoms with van der Waals surface area (Å²) in [4.78, 5) is 0. The molecule has 0 radical (unpaired) electrons. The second kappa shape index (κ2) is 14.3. The Bertz CT molecular complexity index is 1070. The maximum atomic E-state index is 7.39. The second-order valence-corrected chi connectivity index (χ2v) is 26.6. The molecule has 43 heavy (non-hydrogen) atoms. The standard InChI is InChI=1S/C38H68O3Si2/c1-17-18-19-20-23-38(10,11)30-25-33(40-42(13,14)36(4,5)6)35(34(26-30)41-43(15,16)37(7,8)9)32-24-29(27-39-12)21-22-31(32)28(2)3/h25-27,31-32H,2,17-24H2,1,3-16H3/t31-,32+/m1/s1. The van der Waals surface area contributed by atoms with E-state index in [4.69, 9.17) is 13.6 Å². The van der Waals surface area contributed by atoms with Crippen LogP contribution < -0.4 is 8.85 Å². The highest BCUT2D eigenvalue weighted by Crippen LogP contribution is 2.53. The van der Waals surface area contributed by atoms with Gasteiger partial charge in [-0.05, 0) is 103 Å². The summed E-state index contributed by atoms with van der Waals surface area (Å²) in [6, 6.07) is 4.83. The molecule has 0 unspecified atom stereocenters. The molecule has 0 saturated heterocycles. The summed E-state index contributed by atoms with van der Waals surface area (Å²) in [6.07, 6.45) is 11.3. The number of hydrogen-bond acceptors (Lipinski definition) is 3. The molecule has 0 N–H and O–H groups in total. The van der Waals surface area contributed by atoms with Crippen LogP contribution in [0.15, 0.2) is 36.1 Å². The van der Waals surface area contributed by atoms with Gasteiger partial charge in [0, 0.05) is 11.5 Å². The second-order valence-electron chi connectivity index (χ2n) is 17.1. The van der Waals surface area contributed by atoms with Crippen molar-refractivity contribution in [1.82, 2.24) is 0 Å². The monoisotopic (exact) mass is 628 g/mol. The van der Waals surface area contributed by atoms with Gasteiger partial charge in [-0.1, -0.05) is 100 Å². The number of hydrogen-bond donors (Lipinski definition) is 0. The molecule has 1 aliphatic carbocycles. The highest BCUT2D eigenvalue weighted by Gasteiger charge is 2.44. The highest BCUT2D eigenvalue weighted by molar-refractivity contribution is 6.75. The lowest BCUT2D eigenvalue weighted by atomic mass is 9.70. The third kappa shape index (κ3) is 9.51. The van der Waals surface area contributed by atoms with E-state index < -0.39 is 16.6 Å². The van der Waals surface area contributed by atoms with Gasteiger partial charge in [-0.3, -0.25) is 0 Å². The lowest BCUT2D eigenvalue weighted by Crippen LogP contribution is -2.45. The minimum atomic E-state index is -2.16. The van der Waals surface area contributed by atoms with Gasteiger partial charge in [0.1, 0.15) is 11.5 Å². The van der Waals surface area contributed by atoms with Crippen molar-refractivity contribution in [2.45, 2.75) is 168 Å². The molecule has 246 valence electrons. The van der Waals surface area contributed by atoms with Crippen molar-refractivity contribution in [2.24, 2.45) is 5.92 Å². The largest absolute Gasteiger partial charge is 0.543 e. The van der Waals surface area contributed by atoms with Crippen LogP contribution in [0.25, 0.3) is 0 Å². The fourth-order valence-corrected chi connectivity index (χ4v) is 7.81. The van der Waals surface area contributed by atoms with Crippen molar-refractivity contribution in [3.63, 3.8) is 0 Å². The maximum Gasteiger partial charge on any atom is 0.250 e. The number of rotatable bonds is 13. The van der Waals surface area contributed by atoms with Gasteiger partial charge in [-0.25, -0.2) is 0 Å². The predicted octanol–water partition coefficient (Wildman–Crippen LogP) is 12.7. The maximum absolute atomic E-state index is 7.39. The first-order valence-electron chi connectivity index (χ1n) is 17.0. The van der Waals surface area contributed by atoms with Crippen molar-refractivity contribution < 1.29 is 13.6 Å². The minimum absolute atomic E-state index is 0.0186. The highest BCUT2D eigenvalue weighted by atomic mass is 28.4. The van der Waals surface area contributed by atoms with E-state index in [0.717, 1.165) is 37.2 Å². The summed E-state index contributed by atoms with van der Waals surface area (Å²) in [6.45, 7) is 37.4. The number of unbranched alkanes of at least 4 members (excludes halogenated alkanes) is 3. The van der Waals surface area contributed by atoms with Crippen molar-refractivity contribution in [3.8, 4) is 11.5 Å². The molecule has 0 spiro atoms. The van der Waals surface area contributed by atoms with Crippen LogP contribution >= 0.6 is 0 Å². The zero-order valence-electron chi connectivity index (χ0n) is 31.0. The first-order chi connectivity index (χ1) is 19.6. The van der Waals surface area contributed by atoms with Crippen LogP contribution in [0.4, 0.5) is 0 Å². The molecular formula is C38H68O3Si2. The van der Waals surface area contributed by atoms with Crippen LogP contribution in [0.1, 0.15) is 138 Å². The molecule has 1 saturated carbocycles. The van der Waals surface area contributed by atoms with E-state index in [1.165, 1.54) is 48.0 Å². The molecule has 0 amide bonds. The number of methoxy groups -OCH3 is 1. The van der Waals surface area contributed by atoms with Crippen LogP contribution in [-0.4, -0.2) is 23.7 Å². The first-order valence-corrected chi connectivity index (χ1v) is 22.8. The molecule has 5 heteroatoms. The van der Waals surface area contributed by atoms with Crippen LogP contribution in [0.2, 0.25) is 36.3 Å². The summed E-state index contributed by atoms with van der Waals surface area (Å²) < 4.78 is 20.3. The SMILES string of the molecule is C=C(C)[C@H]1CCC(=COC)C[C@@H]1c1c(O[Si](C)(C)C(C)(C)C)cc(C(C)(C)CCCCCC)cc1O[Si](C)(C)C(C)(C)C. The fourth-order valence-electron chi connectivity index (χ4n) is 5.76. The molecule has 1 aromatic carbocycles. The topological polar surface area (TPSA) is 27.7 Å². The minimum Gasteiger partial charge on any atom is -0.543 e. The zero-order chi connectivity index (χ0) is 33.0. The zero-order valence-corrected chi connectivity index (χ0v) is 33.0. The van der Waals surface area contributed by atoms with E-state index in [-0.39, 0.29) is 21.4 Å². The summed E-state index contributed by atoms with van der Waals surface area (Å²) in [5.74, 6) is 2.70. The molecule has 1 aliphatic rings. The normalized spacial score (nSPS) is 19.8. The summed E-state index contributed by atoms with van der Waals surface area (Å²) in [7, 11) is -2.56. The molecule has 0 aromatic heterocycles. The van der Waals surface area contributed by atoms with E-state index in [2.05, 4.69) is 114 Å². The molecule has 0 bridgehead atoms. The Labute approximate surface area is 269 Å². The average molecular weight is 629 g/mol. The van der Waals surface area contributed by atoms with E-state index in [1.807, 2.05) is 6.26 Å². The van der Waals surface area contributed by atoms with Crippen molar-refractivity contribution in [2.75, 3.05) is 7.11 Å². The van der Waals surface area contributed by atoms with Crippen LogP contribution in [0, 0.1) is 5.92 Å². The third-order valence-electron chi connectivity index (χ3n) is 10.9. The lowest BCUT2D eigenvalue weighted by molar-refractivity contribution is 0.315. The van der Waals surface area contributed by atoms with Crippen molar-refractivity contribution >= 4 is 16.6 Å². The molecule has 1 fully saturated rings. The quantitative estimate of drug-likeness (QED) is 0.0941. The van der Waals surface area contributed by atoms with E-state index in [9.17, 15) is 0 Å². The Morgan fingerprint density at radius 3 is 1.81 bits per heavy atom. The van der Waals surface area contributed by atoms with Gasteiger partial charge < -0.3 is 13.6 Å². The Kier molecular flexibility index (Phi) is 12.6. The van der Waals surface area contributed by atoms with Gasteiger partial charge in [0.15, 0.2) is 0 Å². The van der Waals surface area contributed by atoms with Gasteiger partial charge in [-0.15, -0.1) is 0 Å². The van der Waals surface area contributed by atoms with Gasteiger partial charge in [0.05, 0.1) is 13.4 Å². The lowest BCUT2D eigenvalue weighted by Gasteiger charge is -2.43. The Balaban J connectivity index is 2.95. The molecule has 0 aliphatic heterocycles. The Morgan fingerprint density at radius 2 is 1.40 bits per heavy atom. The van der Waals surface area contributed by atoms with E-state index in [1.54, 1.807) is 7.11 Å². The summed E-state index contributed by atoms with van der Waals surface area (Å²) >= 11 is 0. The molecular weight excluding hydrogens is 561 g/mol.